The van der Waals surface area contributed by atoms with Crippen LogP contribution in [0.3, 0.4) is 0 Å². The van der Waals surface area contributed by atoms with Crippen LogP contribution >= 0.6 is 0 Å². The van der Waals surface area contributed by atoms with Crippen molar-refractivity contribution >= 4 is 17.8 Å². The average Bonchev–Trinajstić information content (AvgIpc) is 2.94. The van der Waals surface area contributed by atoms with Crippen molar-refractivity contribution in [3.63, 3.8) is 0 Å². The summed E-state index contributed by atoms with van der Waals surface area (Å²) in [7, 11) is 1.68. The van der Waals surface area contributed by atoms with E-state index in [9.17, 15) is 14.0 Å². The number of nitrogens with one attached hydrogen (secondary N) is 2. The number of benzene rings is 2. The fraction of sp³-hybridized carbons (Fsp3) is 0.222. The van der Waals surface area contributed by atoms with E-state index >= 15 is 0 Å². The van der Waals surface area contributed by atoms with Gasteiger partial charge >= 0.3 is 12.1 Å². The van der Waals surface area contributed by atoms with Crippen molar-refractivity contribution in [2.45, 2.75) is 12.6 Å². The van der Waals surface area contributed by atoms with Gasteiger partial charge in [0.15, 0.2) is 0 Å². The molecule has 6 nitrogen and oxygen atoms in total. The second kappa shape index (κ2) is 7.21. The van der Waals surface area contributed by atoms with Crippen LogP contribution in [0, 0.1) is 5.82 Å². The number of urea groups is 1. The molecule has 1 atom stereocenters. The number of carbonyl (C=O) groups is 2. The average molecular weight is 343 g/mol. The summed E-state index contributed by atoms with van der Waals surface area (Å²) in [6, 6.07) is 12.7. The lowest BCUT2D eigenvalue weighted by atomic mass is 10.1. The number of amides is 3. The lowest BCUT2D eigenvalue weighted by Gasteiger charge is -2.11. The number of carbonyl (C=O) groups excluding carboxylic acids is 2. The Morgan fingerprint density at radius 1 is 1.20 bits per heavy atom. The van der Waals surface area contributed by atoms with E-state index in [2.05, 4.69) is 10.6 Å². The Morgan fingerprint density at radius 2 is 1.88 bits per heavy atom. The second-order valence-electron chi connectivity index (χ2n) is 5.81. The molecule has 2 aromatic rings. The summed E-state index contributed by atoms with van der Waals surface area (Å²) in [6.45, 7) is 0.804. The molecular weight excluding hydrogens is 325 g/mol. The molecule has 0 radical (unpaired) electrons. The van der Waals surface area contributed by atoms with Crippen molar-refractivity contribution < 1.29 is 18.7 Å². The van der Waals surface area contributed by atoms with E-state index in [0.29, 0.717) is 18.8 Å². The summed E-state index contributed by atoms with van der Waals surface area (Å²) >= 11 is 0. The van der Waals surface area contributed by atoms with Crippen LogP contribution in [-0.4, -0.2) is 30.6 Å². The van der Waals surface area contributed by atoms with E-state index in [1.807, 2.05) is 12.1 Å². The van der Waals surface area contributed by atoms with E-state index < -0.39 is 0 Å². The minimum atomic E-state index is -0.357. The van der Waals surface area contributed by atoms with Gasteiger partial charge in [-0.05, 0) is 35.4 Å². The number of halogens is 1. The van der Waals surface area contributed by atoms with Gasteiger partial charge in [0.1, 0.15) is 11.9 Å². The smallest absolute Gasteiger partial charge is 0.410 e. The highest BCUT2D eigenvalue weighted by molar-refractivity contribution is 5.89. The summed E-state index contributed by atoms with van der Waals surface area (Å²) in [6.07, 6.45) is -0.633. The first kappa shape index (κ1) is 16.8. The third kappa shape index (κ3) is 4.26. The highest BCUT2D eigenvalue weighted by Crippen LogP contribution is 2.25. The minimum Gasteiger partial charge on any atom is -0.439 e. The third-order valence-corrected chi connectivity index (χ3v) is 3.90. The van der Waals surface area contributed by atoms with Crippen LogP contribution in [-0.2, 0) is 11.3 Å². The molecule has 25 heavy (non-hydrogen) atoms. The lowest BCUT2D eigenvalue weighted by Crippen LogP contribution is -2.28. The first-order valence-corrected chi connectivity index (χ1v) is 7.82. The first-order chi connectivity index (χ1) is 12.0. The minimum absolute atomic E-state index is 0.293. The zero-order chi connectivity index (χ0) is 17.8. The fourth-order valence-electron chi connectivity index (χ4n) is 2.49. The molecule has 1 saturated heterocycles. The number of anilines is 1. The van der Waals surface area contributed by atoms with Crippen LogP contribution in [0.2, 0.25) is 0 Å². The van der Waals surface area contributed by atoms with Crippen molar-refractivity contribution in [3.05, 3.63) is 65.5 Å². The van der Waals surface area contributed by atoms with Crippen molar-refractivity contribution in [2.24, 2.45) is 0 Å². The molecule has 0 aromatic heterocycles. The Morgan fingerprint density at radius 3 is 2.48 bits per heavy atom. The second-order valence-corrected chi connectivity index (χ2v) is 5.81. The SMILES string of the molecule is CN1CC(c2ccc(NC(=O)NCc3ccc(F)cc3)cc2)OC1=O. The van der Waals surface area contributed by atoms with Crippen molar-refractivity contribution in [3.8, 4) is 0 Å². The van der Waals surface area contributed by atoms with Crippen molar-refractivity contribution in [2.75, 3.05) is 18.9 Å². The predicted octanol–water partition coefficient (Wildman–Crippen LogP) is 3.27. The molecule has 1 aliphatic rings. The molecule has 2 aromatic carbocycles. The molecule has 0 bridgehead atoms. The van der Waals surface area contributed by atoms with E-state index in [1.54, 1.807) is 31.3 Å². The first-order valence-electron chi connectivity index (χ1n) is 7.82. The monoisotopic (exact) mass is 343 g/mol. The standard InChI is InChI=1S/C18H18FN3O3/c1-22-11-16(25-18(22)24)13-4-8-15(9-5-13)21-17(23)20-10-12-2-6-14(19)7-3-12/h2-9,16H,10-11H2,1H3,(H2,20,21,23). The molecule has 0 aliphatic carbocycles. The molecule has 1 heterocycles. The maximum Gasteiger partial charge on any atom is 0.410 e. The highest BCUT2D eigenvalue weighted by Gasteiger charge is 2.29. The van der Waals surface area contributed by atoms with E-state index in [4.69, 9.17) is 4.74 Å². The van der Waals surface area contributed by atoms with Gasteiger partial charge in [-0.1, -0.05) is 24.3 Å². The Balaban J connectivity index is 1.51. The molecular formula is C18H18FN3O3. The molecule has 7 heteroatoms. The normalized spacial score (nSPS) is 16.5. The van der Waals surface area contributed by atoms with Crippen LogP contribution in [0.15, 0.2) is 48.5 Å². The largest absolute Gasteiger partial charge is 0.439 e. The van der Waals surface area contributed by atoms with Gasteiger partial charge in [0.25, 0.3) is 0 Å². The summed E-state index contributed by atoms with van der Waals surface area (Å²) in [5.74, 6) is -0.313. The maximum atomic E-state index is 12.8. The molecule has 0 spiro atoms. The number of nitrogens with zero attached hydrogens (tertiary/aromatic N) is 1. The van der Waals surface area contributed by atoms with Crippen LogP contribution in [0.4, 0.5) is 19.7 Å². The number of hydrogen-bond donors (Lipinski definition) is 2. The zero-order valence-corrected chi connectivity index (χ0v) is 13.7. The quantitative estimate of drug-likeness (QED) is 0.895. The summed E-state index contributed by atoms with van der Waals surface area (Å²) in [5, 5.41) is 5.42. The van der Waals surface area contributed by atoms with Gasteiger partial charge in [0, 0.05) is 19.3 Å². The maximum absolute atomic E-state index is 12.8. The predicted molar refractivity (Wildman–Crippen MR) is 90.6 cm³/mol. The Bertz CT molecular complexity index is 762. The number of likely N-dealkylation sites (N-methyl/N-ethyl adjacent to an activating group) is 1. The van der Waals surface area contributed by atoms with Gasteiger partial charge in [-0.15, -0.1) is 0 Å². The van der Waals surface area contributed by atoms with Gasteiger partial charge in [-0.25, -0.2) is 14.0 Å². The molecule has 130 valence electrons. The molecule has 1 fully saturated rings. The van der Waals surface area contributed by atoms with E-state index in [0.717, 1.165) is 11.1 Å². The van der Waals surface area contributed by atoms with Gasteiger partial charge in [0.2, 0.25) is 0 Å². The molecule has 3 amide bonds. The van der Waals surface area contributed by atoms with Crippen molar-refractivity contribution in [1.82, 2.24) is 10.2 Å². The Labute approximate surface area is 144 Å². The van der Waals surface area contributed by atoms with Crippen LogP contribution < -0.4 is 10.6 Å². The fourth-order valence-corrected chi connectivity index (χ4v) is 2.49. The number of hydrogen-bond acceptors (Lipinski definition) is 3. The number of cyclic esters (lactones) is 1. The summed E-state index contributed by atoms with van der Waals surface area (Å²) < 4.78 is 18.1. The topological polar surface area (TPSA) is 70.7 Å². The molecule has 1 aliphatic heterocycles. The number of ether oxygens (including phenoxy) is 1. The lowest BCUT2D eigenvalue weighted by molar-refractivity contribution is 0.135. The summed E-state index contributed by atoms with van der Waals surface area (Å²) in [4.78, 5) is 24.8. The van der Waals surface area contributed by atoms with Gasteiger partial charge < -0.3 is 20.3 Å². The Hall–Kier alpha value is -3.09. The molecule has 3 rings (SSSR count). The Kier molecular flexibility index (Phi) is 4.83. The van der Waals surface area contributed by atoms with Gasteiger partial charge in [0.05, 0.1) is 6.54 Å². The van der Waals surface area contributed by atoms with Crippen LogP contribution in [0.25, 0.3) is 0 Å². The number of rotatable bonds is 4. The molecule has 1 unspecified atom stereocenters. The van der Waals surface area contributed by atoms with Crippen LogP contribution in [0.5, 0.6) is 0 Å². The summed E-state index contributed by atoms with van der Waals surface area (Å²) in [5.41, 5.74) is 2.30. The molecule has 0 saturated carbocycles. The third-order valence-electron chi connectivity index (χ3n) is 3.90. The zero-order valence-electron chi connectivity index (χ0n) is 13.7. The van der Waals surface area contributed by atoms with Crippen molar-refractivity contribution in [1.29, 1.82) is 0 Å². The van der Waals surface area contributed by atoms with E-state index in [-0.39, 0.29) is 24.0 Å². The highest BCUT2D eigenvalue weighted by atomic mass is 19.1. The van der Waals surface area contributed by atoms with Gasteiger partial charge in [-0.3, -0.25) is 0 Å². The van der Waals surface area contributed by atoms with Gasteiger partial charge in [-0.2, -0.15) is 0 Å². The van der Waals surface area contributed by atoms with Crippen LogP contribution in [0.1, 0.15) is 17.2 Å². The molecule has 2 N–H and O–H groups in total. The van der Waals surface area contributed by atoms with E-state index in [1.165, 1.54) is 17.0 Å².